The van der Waals surface area contributed by atoms with Crippen LogP contribution in [0.3, 0.4) is 0 Å². The summed E-state index contributed by atoms with van der Waals surface area (Å²) in [5.74, 6) is 1.71. The molecular formula is C17H31N5O2. The van der Waals surface area contributed by atoms with Gasteiger partial charge in [0.05, 0.1) is 12.2 Å². The monoisotopic (exact) mass is 337 g/mol. The van der Waals surface area contributed by atoms with Crippen molar-refractivity contribution < 1.29 is 9.32 Å². The number of carbonyl (C=O) groups excluding carboxylic acids is 1. The van der Waals surface area contributed by atoms with Gasteiger partial charge in [-0.15, -0.1) is 0 Å². The van der Waals surface area contributed by atoms with Crippen molar-refractivity contribution in [2.45, 2.75) is 53.0 Å². The molecule has 1 unspecified atom stereocenters. The van der Waals surface area contributed by atoms with Crippen LogP contribution in [0.25, 0.3) is 0 Å². The van der Waals surface area contributed by atoms with Gasteiger partial charge in [-0.05, 0) is 34.6 Å². The van der Waals surface area contributed by atoms with E-state index in [1.807, 2.05) is 41.7 Å². The molecule has 1 heterocycles. The molecule has 1 amide bonds. The summed E-state index contributed by atoms with van der Waals surface area (Å²) in [4.78, 5) is 18.1. The van der Waals surface area contributed by atoms with Crippen LogP contribution in [0.1, 0.15) is 50.6 Å². The van der Waals surface area contributed by atoms with E-state index in [-0.39, 0.29) is 23.9 Å². The molecule has 1 rings (SSSR count). The van der Waals surface area contributed by atoms with Crippen LogP contribution in [0.2, 0.25) is 0 Å². The molecule has 7 nitrogen and oxygen atoms in total. The van der Waals surface area contributed by atoms with E-state index in [1.165, 1.54) is 0 Å². The minimum absolute atomic E-state index is 0.0354. The fourth-order valence-electron chi connectivity index (χ4n) is 2.67. The minimum Gasteiger partial charge on any atom is -0.361 e. The number of rotatable bonds is 5. The zero-order valence-corrected chi connectivity index (χ0v) is 16.1. The number of hydrogen-bond acceptors (Lipinski definition) is 4. The minimum atomic E-state index is -0.243. The van der Waals surface area contributed by atoms with E-state index in [2.05, 4.69) is 27.7 Å². The Bertz CT molecular complexity index is 567. The Kier molecular flexibility index (Phi) is 6.81. The first-order valence-corrected chi connectivity index (χ1v) is 8.20. The van der Waals surface area contributed by atoms with Gasteiger partial charge in [0.2, 0.25) is 5.91 Å². The third kappa shape index (κ3) is 5.86. The second-order valence-corrected chi connectivity index (χ2v) is 7.22. The predicted molar refractivity (Wildman–Crippen MR) is 96.3 cm³/mol. The van der Waals surface area contributed by atoms with Crippen molar-refractivity contribution in [1.29, 1.82) is 0 Å². The Morgan fingerprint density at radius 3 is 2.46 bits per heavy atom. The molecule has 0 radical (unpaired) electrons. The number of hydrogen-bond donors (Lipinski definition) is 2. The smallest absolute Gasteiger partial charge is 0.240 e. The SMILES string of the molecule is CN=C(NCC(C)c1c(C)noc1C)N(C)CC(=O)NC(C)(C)C. The average molecular weight is 337 g/mol. The number of aryl methyl sites for hydroxylation is 2. The Labute approximate surface area is 144 Å². The molecule has 136 valence electrons. The second kappa shape index (κ2) is 8.17. The van der Waals surface area contributed by atoms with Gasteiger partial charge in [0.15, 0.2) is 5.96 Å². The maximum Gasteiger partial charge on any atom is 0.240 e. The van der Waals surface area contributed by atoms with Crippen LogP contribution >= 0.6 is 0 Å². The third-order valence-corrected chi connectivity index (χ3v) is 3.62. The molecular weight excluding hydrogens is 306 g/mol. The molecule has 1 aromatic heterocycles. The van der Waals surface area contributed by atoms with Gasteiger partial charge >= 0.3 is 0 Å². The molecule has 0 aromatic carbocycles. The van der Waals surface area contributed by atoms with E-state index in [1.54, 1.807) is 11.9 Å². The number of nitrogens with zero attached hydrogens (tertiary/aromatic N) is 3. The van der Waals surface area contributed by atoms with Crippen LogP contribution in [0.15, 0.2) is 9.52 Å². The van der Waals surface area contributed by atoms with Gasteiger partial charge in [0.1, 0.15) is 5.76 Å². The fraction of sp³-hybridized carbons (Fsp3) is 0.706. The lowest BCUT2D eigenvalue weighted by Crippen LogP contribution is -2.49. The molecule has 0 aliphatic heterocycles. The van der Waals surface area contributed by atoms with Gasteiger partial charge in [-0.25, -0.2) is 0 Å². The Morgan fingerprint density at radius 2 is 2.00 bits per heavy atom. The van der Waals surface area contributed by atoms with E-state index in [0.717, 1.165) is 17.0 Å². The first kappa shape index (κ1) is 20.0. The van der Waals surface area contributed by atoms with Crippen LogP contribution in [0.4, 0.5) is 0 Å². The van der Waals surface area contributed by atoms with Crippen molar-refractivity contribution in [2.24, 2.45) is 4.99 Å². The number of aromatic nitrogens is 1. The van der Waals surface area contributed by atoms with Gasteiger partial charge < -0.3 is 20.1 Å². The van der Waals surface area contributed by atoms with Gasteiger partial charge in [0.25, 0.3) is 0 Å². The van der Waals surface area contributed by atoms with Crippen molar-refractivity contribution in [3.63, 3.8) is 0 Å². The fourth-order valence-corrected chi connectivity index (χ4v) is 2.67. The summed E-state index contributed by atoms with van der Waals surface area (Å²) in [7, 11) is 3.55. The molecule has 2 N–H and O–H groups in total. The topological polar surface area (TPSA) is 82.8 Å². The molecule has 0 spiro atoms. The van der Waals surface area contributed by atoms with Crippen LogP contribution in [0, 0.1) is 13.8 Å². The van der Waals surface area contributed by atoms with Crippen molar-refractivity contribution in [2.75, 3.05) is 27.2 Å². The maximum absolute atomic E-state index is 12.0. The van der Waals surface area contributed by atoms with Crippen LogP contribution in [0.5, 0.6) is 0 Å². The summed E-state index contributed by atoms with van der Waals surface area (Å²) in [5.41, 5.74) is 1.79. The summed E-state index contributed by atoms with van der Waals surface area (Å²) >= 11 is 0. The Balaban J connectivity index is 2.60. The summed E-state index contributed by atoms with van der Waals surface area (Å²) in [5, 5.41) is 10.3. The number of carbonyl (C=O) groups is 1. The zero-order chi connectivity index (χ0) is 18.5. The lowest BCUT2D eigenvalue weighted by molar-refractivity contribution is -0.122. The average Bonchev–Trinajstić information content (AvgIpc) is 2.76. The summed E-state index contributed by atoms with van der Waals surface area (Å²) in [6.07, 6.45) is 0. The van der Waals surface area contributed by atoms with E-state index < -0.39 is 0 Å². The highest BCUT2D eigenvalue weighted by Gasteiger charge is 2.19. The summed E-state index contributed by atoms with van der Waals surface area (Å²) in [6, 6.07) is 0. The number of nitrogens with one attached hydrogen (secondary N) is 2. The molecule has 0 aliphatic carbocycles. The van der Waals surface area contributed by atoms with Crippen LogP contribution in [-0.4, -0.2) is 54.6 Å². The molecule has 0 saturated heterocycles. The molecule has 7 heteroatoms. The molecule has 0 saturated carbocycles. The Morgan fingerprint density at radius 1 is 1.38 bits per heavy atom. The van der Waals surface area contributed by atoms with E-state index >= 15 is 0 Å². The molecule has 24 heavy (non-hydrogen) atoms. The highest BCUT2D eigenvalue weighted by Crippen LogP contribution is 2.22. The van der Waals surface area contributed by atoms with Crippen molar-refractivity contribution in [3.05, 3.63) is 17.0 Å². The summed E-state index contributed by atoms with van der Waals surface area (Å²) < 4.78 is 5.22. The number of guanidine groups is 1. The van der Waals surface area contributed by atoms with E-state index in [4.69, 9.17) is 4.52 Å². The standard InChI is InChI=1S/C17H31N5O2/c1-11(15-12(2)21-24-13(15)3)9-19-16(18-7)22(8)10-14(23)20-17(4,5)6/h11H,9-10H2,1-8H3,(H,18,19)(H,20,23). The van der Waals surface area contributed by atoms with E-state index in [0.29, 0.717) is 12.5 Å². The second-order valence-electron chi connectivity index (χ2n) is 7.22. The number of likely N-dealkylation sites (N-methyl/N-ethyl adjacent to an activating group) is 1. The van der Waals surface area contributed by atoms with Crippen molar-refractivity contribution in [3.8, 4) is 0 Å². The highest BCUT2D eigenvalue weighted by molar-refractivity contribution is 5.86. The van der Waals surface area contributed by atoms with Crippen LogP contribution in [-0.2, 0) is 4.79 Å². The van der Waals surface area contributed by atoms with Crippen molar-refractivity contribution in [1.82, 2.24) is 20.7 Å². The molecule has 0 bridgehead atoms. The molecule has 0 fully saturated rings. The normalized spacial score (nSPS) is 13.6. The van der Waals surface area contributed by atoms with Gasteiger partial charge in [-0.1, -0.05) is 12.1 Å². The summed E-state index contributed by atoms with van der Waals surface area (Å²) in [6.45, 7) is 12.8. The lowest BCUT2D eigenvalue weighted by Gasteiger charge is -2.26. The van der Waals surface area contributed by atoms with Gasteiger partial charge in [-0.3, -0.25) is 9.79 Å². The predicted octanol–water partition coefficient (Wildman–Crippen LogP) is 1.82. The molecule has 1 aromatic rings. The first-order chi connectivity index (χ1) is 11.0. The first-order valence-electron chi connectivity index (χ1n) is 8.20. The lowest BCUT2D eigenvalue weighted by atomic mass is 10.00. The zero-order valence-electron chi connectivity index (χ0n) is 16.1. The Hall–Kier alpha value is -2.05. The van der Waals surface area contributed by atoms with Crippen LogP contribution < -0.4 is 10.6 Å². The number of amides is 1. The van der Waals surface area contributed by atoms with E-state index in [9.17, 15) is 4.79 Å². The molecule has 0 aliphatic rings. The number of aliphatic imine (C=N–C) groups is 1. The highest BCUT2D eigenvalue weighted by atomic mass is 16.5. The molecule has 1 atom stereocenters. The third-order valence-electron chi connectivity index (χ3n) is 3.62. The maximum atomic E-state index is 12.0. The van der Waals surface area contributed by atoms with Crippen molar-refractivity contribution >= 4 is 11.9 Å². The van der Waals surface area contributed by atoms with Gasteiger partial charge in [-0.2, -0.15) is 0 Å². The largest absolute Gasteiger partial charge is 0.361 e. The van der Waals surface area contributed by atoms with Gasteiger partial charge in [0, 0.05) is 37.7 Å². The quantitative estimate of drug-likeness (QED) is 0.632.